The molecule has 17 heavy (non-hydrogen) atoms. The van der Waals surface area contributed by atoms with Crippen molar-refractivity contribution in [1.29, 1.82) is 0 Å². The SMILES string of the molecule is CCOC(C(=O)c1c(F)cccc1F)C(C)C. The minimum absolute atomic E-state index is 0.138. The van der Waals surface area contributed by atoms with Crippen LogP contribution in [-0.4, -0.2) is 18.5 Å². The van der Waals surface area contributed by atoms with Gasteiger partial charge in [0.1, 0.15) is 17.7 Å². The quantitative estimate of drug-likeness (QED) is 0.741. The van der Waals surface area contributed by atoms with Gasteiger partial charge in [0.25, 0.3) is 0 Å². The van der Waals surface area contributed by atoms with Crippen LogP contribution in [0.1, 0.15) is 31.1 Å². The van der Waals surface area contributed by atoms with Gasteiger partial charge in [-0.15, -0.1) is 0 Å². The molecule has 0 aliphatic rings. The van der Waals surface area contributed by atoms with E-state index in [9.17, 15) is 13.6 Å². The summed E-state index contributed by atoms with van der Waals surface area (Å²) in [7, 11) is 0. The van der Waals surface area contributed by atoms with E-state index in [2.05, 4.69) is 0 Å². The maximum Gasteiger partial charge on any atom is 0.197 e. The highest BCUT2D eigenvalue weighted by Gasteiger charge is 2.28. The van der Waals surface area contributed by atoms with E-state index >= 15 is 0 Å². The van der Waals surface area contributed by atoms with Crippen LogP contribution in [0.2, 0.25) is 0 Å². The number of hydrogen-bond acceptors (Lipinski definition) is 2. The van der Waals surface area contributed by atoms with Crippen LogP contribution in [0, 0.1) is 17.6 Å². The lowest BCUT2D eigenvalue weighted by Gasteiger charge is -2.19. The summed E-state index contributed by atoms with van der Waals surface area (Å²) in [4.78, 5) is 12.0. The third kappa shape index (κ3) is 3.09. The van der Waals surface area contributed by atoms with Crippen LogP contribution in [-0.2, 0) is 4.74 Å². The Labute approximate surface area is 99.6 Å². The standard InChI is InChI=1S/C13H16F2O2/c1-4-17-13(8(2)3)12(16)11-9(14)6-5-7-10(11)15/h5-8,13H,4H2,1-3H3. The summed E-state index contributed by atoms with van der Waals surface area (Å²) in [6.07, 6.45) is -0.814. The predicted molar refractivity (Wildman–Crippen MR) is 60.9 cm³/mol. The highest BCUT2D eigenvalue weighted by molar-refractivity contribution is 6.00. The first-order valence-corrected chi connectivity index (χ1v) is 5.58. The van der Waals surface area contributed by atoms with Crippen LogP contribution in [0.25, 0.3) is 0 Å². The number of halogens is 2. The molecule has 0 bridgehead atoms. The van der Waals surface area contributed by atoms with E-state index in [4.69, 9.17) is 4.74 Å². The Hall–Kier alpha value is -1.29. The van der Waals surface area contributed by atoms with Gasteiger partial charge in [-0.1, -0.05) is 19.9 Å². The zero-order valence-electron chi connectivity index (χ0n) is 10.2. The van der Waals surface area contributed by atoms with Gasteiger partial charge in [-0.05, 0) is 25.0 Å². The smallest absolute Gasteiger partial charge is 0.197 e. The number of hydrogen-bond donors (Lipinski definition) is 0. The summed E-state index contributed by atoms with van der Waals surface area (Å²) < 4.78 is 32.1. The molecular weight excluding hydrogens is 226 g/mol. The third-order valence-electron chi connectivity index (χ3n) is 2.42. The normalized spacial score (nSPS) is 12.8. The van der Waals surface area contributed by atoms with E-state index in [1.54, 1.807) is 20.8 Å². The Kier molecular flexibility index (Phi) is 4.75. The summed E-state index contributed by atoms with van der Waals surface area (Å²) in [6, 6.07) is 3.37. The lowest BCUT2D eigenvalue weighted by molar-refractivity contribution is 0.0273. The number of ketones is 1. The fourth-order valence-electron chi connectivity index (χ4n) is 1.63. The summed E-state index contributed by atoms with van der Waals surface area (Å²) in [5, 5.41) is 0. The molecule has 0 aromatic heterocycles. The van der Waals surface area contributed by atoms with Crippen molar-refractivity contribution in [2.75, 3.05) is 6.61 Å². The summed E-state index contributed by atoms with van der Waals surface area (Å²) in [5.74, 6) is -2.47. The Bertz CT molecular complexity index is 382. The molecule has 0 aliphatic carbocycles. The van der Waals surface area contributed by atoms with Gasteiger partial charge in [-0.25, -0.2) is 8.78 Å². The molecule has 1 atom stereocenters. The lowest BCUT2D eigenvalue weighted by Crippen LogP contribution is -2.31. The minimum atomic E-state index is -0.847. The Morgan fingerprint density at radius 1 is 1.29 bits per heavy atom. The fourth-order valence-corrected chi connectivity index (χ4v) is 1.63. The molecule has 1 aromatic carbocycles. The maximum absolute atomic E-state index is 13.4. The van der Waals surface area contributed by atoms with Gasteiger partial charge in [-0.3, -0.25) is 4.79 Å². The van der Waals surface area contributed by atoms with Crippen molar-refractivity contribution >= 4 is 5.78 Å². The van der Waals surface area contributed by atoms with Gasteiger partial charge in [0.15, 0.2) is 5.78 Å². The second-order valence-corrected chi connectivity index (χ2v) is 4.08. The average Bonchev–Trinajstić information content (AvgIpc) is 2.24. The molecular formula is C13H16F2O2. The summed E-state index contributed by atoms with van der Waals surface area (Å²) in [5.41, 5.74) is -0.514. The van der Waals surface area contributed by atoms with Crippen molar-refractivity contribution in [2.24, 2.45) is 5.92 Å². The molecule has 0 heterocycles. The van der Waals surface area contributed by atoms with Crippen LogP contribution >= 0.6 is 0 Å². The van der Waals surface area contributed by atoms with Crippen molar-refractivity contribution in [1.82, 2.24) is 0 Å². The number of Topliss-reactive ketones (excluding diaryl/α,β-unsaturated/α-hetero) is 1. The average molecular weight is 242 g/mol. The second kappa shape index (κ2) is 5.87. The van der Waals surface area contributed by atoms with Crippen LogP contribution < -0.4 is 0 Å². The van der Waals surface area contributed by atoms with E-state index in [0.29, 0.717) is 6.61 Å². The van der Waals surface area contributed by atoms with Crippen LogP contribution in [0.15, 0.2) is 18.2 Å². The van der Waals surface area contributed by atoms with Crippen LogP contribution in [0.5, 0.6) is 0 Å². The monoisotopic (exact) mass is 242 g/mol. The van der Waals surface area contributed by atoms with Gasteiger partial charge in [0.2, 0.25) is 0 Å². The first kappa shape index (κ1) is 13.8. The lowest BCUT2D eigenvalue weighted by atomic mass is 9.97. The number of carbonyl (C=O) groups excluding carboxylic acids is 1. The van der Waals surface area contributed by atoms with Crippen molar-refractivity contribution in [3.05, 3.63) is 35.4 Å². The van der Waals surface area contributed by atoms with E-state index in [-0.39, 0.29) is 5.92 Å². The molecule has 2 nitrogen and oxygen atoms in total. The zero-order chi connectivity index (χ0) is 13.0. The van der Waals surface area contributed by atoms with E-state index in [0.717, 1.165) is 12.1 Å². The number of carbonyl (C=O) groups is 1. The molecule has 0 amide bonds. The largest absolute Gasteiger partial charge is 0.370 e. The molecule has 94 valence electrons. The first-order chi connectivity index (χ1) is 7.99. The Morgan fingerprint density at radius 3 is 2.24 bits per heavy atom. The van der Waals surface area contributed by atoms with Crippen molar-refractivity contribution in [3.8, 4) is 0 Å². The summed E-state index contributed by atoms with van der Waals surface area (Å²) in [6.45, 7) is 5.61. The van der Waals surface area contributed by atoms with Gasteiger partial charge in [0, 0.05) is 6.61 Å². The van der Waals surface area contributed by atoms with E-state index in [1.807, 2.05) is 0 Å². The molecule has 0 aliphatic heterocycles. The Balaban J connectivity index is 3.09. The van der Waals surface area contributed by atoms with Crippen molar-refractivity contribution in [2.45, 2.75) is 26.9 Å². The molecule has 0 N–H and O–H groups in total. The van der Waals surface area contributed by atoms with Gasteiger partial charge < -0.3 is 4.74 Å². The van der Waals surface area contributed by atoms with Gasteiger partial charge >= 0.3 is 0 Å². The minimum Gasteiger partial charge on any atom is -0.370 e. The number of benzene rings is 1. The molecule has 4 heteroatoms. The molecule has 0 radical (unpaired) electrons. The van der Waals surface area contributed by atoms with Gasteiger partial charge in [-0.2, -0.15) is 0 Å². The molecule has 0 spiro atoms. The van der Waals surface area contributed by atoms with Crippen molar-refractivity contribution < 1.29 is 18.3 Å². The molecule has 1 rings (SSSR count). The predicted octanol–water partition coefficient (Wildman–Crippen LogP) is 3.21. The molecule has 1 aromatic rings. The zero-order valence-corrected chi connectivity index (χ0v) is 10.2. The molecule has 1 unspecified atom stereocenters. The first-order valence-electron chi connectivity index (χ1n) is 5.58. The van der Waals surface area contributed by atoms with Crippen molar-refractivity contribution in [3.63, 3.8) is 0 Å². The maximum atomic E-state index is 13.4. The highest BCUT2D eigenvalue weighted by atomic mass is 19.1. The Morgan fingerprint density at radius 2 is 1.82 bits per heavy atom. The molecule has 0 saturated carbocycles. The van der Waals surface area contributed by atoms with Gasteiger partial charge in [0.05, 0.1) is 5.56 Å². The fraction of sp³-hybridized carbons (Fsp3) is 0.462. The second-order valence-electron chi connectivity index (χ2n) is 4.08. The van der Waals surface area contributed by atoms with E-state index in [1.165, 1.54) is 6.07 Å². The number of rotatable bonds is 5. The third-order valence-corrected chi connectivity index (χ3v) is 2.42. The topological polar surface area (TPSA) is 26.3 Å². The van der Waals surface area contributed by atoms with Crippen LogP contribution in [0.4, 0.5) is 8.78 Å². The highest BCUT2D eigenvalue weighted by Crippen LogP contribution is 2.19. The van der Waals surface area contributed by atoms with Crippen LogP contribution in [0.3, 0.4) is 0 Å². The summed E-state index contributed by atoms with van der Waals surface area (Å²) >= 11 is 0. The number of ether oxygens (including phenoxy) is 1. The molecule has 0 fully saturated rings. The van der Waals surface area contributed by atoms with E-state index < -0.39 is 29.1 Å². The molecule has 0 saturated heterocycles.